The zero-order valence-electron chi connectivity index (χ0n) is 12.8. The van der Waals surface area contributed by atoms with Crippen LogP contribution >= 0.6 is 0 Å². The van der Waals surface area contributed by atoms with E-state index in [0.717, 1.165) is 30.2 Å². The molecule has 0 aromatic heterocycles. The zero-order chi connectivity index (χ0) is 16.9. The summed E-state index contributed by atoms with van der Waals surface area (Å²) in [4.78, 5) is 11.0. The van der Waals surface area contributed by atoms with E-state index in [1.807, 2.05) is 18.2 Å². The summed E-state index contributed by atoms with van der Waals surface area (Å²) in [6.45, 7) is 0. The second kappa shape index (κ2) is 7.28. The molecule has 2 rings (SSSR count). The normalized spacial score (nSPS) is 11.2. The van der Waals surface area contributed by atoms with Gasteiger partial charge in [-0.3, -0.25) is 4.72 Å². The maximum absolute atomic E-state index is 11.4. The predicted molar refractivity (Wildman–Crippen MR) is 90.3 cm³/mol. The molecule has 122 valence electrons. The third kappa shape index (κ3) is 5.41. The summed E-state index contributed by atoms with van der Waals surface area (Å²) < 4.78 is 25.3. The van der Waals surface area contributed by atoms with E-state index in [1.165, 1.54) is 0 Å². The van der Waals surface area contributed by atoms with Crippen LogP contribution in [0.25, 0.3) is 0 Å². The van der Waals surface area contributed by atoms with Crippen molar-refractivity contribution in [1.82, 2.24) is 0 Å². The maximum Gasteiger partial charge on any atom is 0.335 e. The van der Waals surface area contributed by atoms with Crippen molar-refractivity contribution in [2.75, 3.05) is 11.0 Å². The molecule has 0 saturated carbocycles. The van der Waals surface area contributed by atoms with Crippen LogP contribution in [0.15, 0.2) is 48.5 Å². The zero-order valence-corrected chi connectivity index (χ0v) is 13.6. The van der Waals surface area contributed by atoms with Crippen molar-refractivity contribution < 1.29 is 18.3 Å². The molecule has 23 heavy (non-hydrogen) atoms. The minimum absolute atomic E-state index is 0.279. The lowest BCUT2D eigenvalue weighted by molar-refractivity contribution is 0.0696. The molecule has 0 atom stereocenters. The van der Waals surface area contributed by atoms with Crippen molar-refractivity contribution in [3.63, 3.8) is 0 Å². The molecule has 2 aromatic rings. The molecule has 0 aliphatic heterocycles. The molecule has 0 radical (unpaired) electrons. The predicted octanol–water partition coefficient (Wildman–Crippen LogP) is 2.93. The van der Waals surface area contributed by atoms with Gasteiger partial charge in [0.25, 0.3) is 0 Å². The van der Waals surface area contributed by atoms with Crippen LogP contribution in [0.5, 0.6) is 0 Å². The summed E-state index contributed by atoms with van der Waals surface area (Å²) >= 11 is 0. The van der Waals surface area contributed by atoms with Crippen LogP contribution in [0.1, 0.15) is 27.9 Å². The van der Waals surface area contributed by atoms with E-state index in [-0.39, 0.29) is 5.56 Å². The van der Waals surface area contributed by atoms with Crippen molar-refractivity contribution >= 4 is 21.7 Å². The van der Waals surface area contributed by atoms with Crippen LogP contribution in [0.2, 0.25) is 0 Å². The van der Waals surface area contributed by atoms with Crippen molar-refractivity contribution in [1.29, 1.82) is 0 Å². The Labute approximate surface area is 136 Å². The molecule has 2 N–H and O–H groups in total. The highest BCUT2D eigenvalue weighted by atomic mass is 32.2. The Balaban J connectivity index is 2.02. The maximum atomic E-state index is 11.4. The number of carbonyl (C=O) groups is 1. The van der Waals surface area contributed by atoms with Gasteiger partial charge in [0.15, 0.2) is 0 Å². The molecule has 0 saturated heterocycles. The number of aryl methyl sites for hydroxylation is 2. The van der Waals surface area contributed by atoms with E-state index in [4.69, 9.17) is 5.11 Å². The molecule has 2 aromatic carbocycles. The Bertz CT molecular complexity index is 800. The number of carboxylic acid groups (broad SMARTS) is 1. The molecule has 6 heteroatoms. The summed E-state index contributed by atoms with van der Waals surface area (Å²) in [7, 11) is -3.31. The van der Waals surface area contributed by atoms with Crippen molar-refractivity contribution in [3.8, 4) is 0 Å². The van der Waals surface area contributed by atoms with E-state index in [9.17, 15) is 13.2 Å². The molecule has 0 spiro atoms. The van der Waals surface area contributed by atoms with Crippen LogP contribution in [0.3, 0.4) is 0 Å². The molecule has 0 unspecified atom stereocenters. The van der Waals surface area contributed by atoms with Crippen LogP contribution < -0.4 is 4.72 Å². The number of nitrogens with one attached hydrogen (secondary N) is 1. The molecule has 0 heterocycles. The smallest absolute Gasteiger partial charge is 0.335 e. The Morgan fingerprint density at radius 2 is 1.83 bits per heavy atom. The molecular weight excluding hydrogens is 314 g/mol. The molecular formula is C17H19NO4S. The van der Waals surface area contributed by atoms with Crippen LogP contribution in [0.4, 0.5) is 5.69 Å². The highest BCUT2D eigenvalue weighted by molar-refractivity contribution is 7.92. The van der Waals surface area contributed by atoms with Crippen molar-refractivity contribution in [2.24, 2.45) is 0 Å². The minimum Gasteiger partial charge on any atom is -0.478 e. The Kier molecular flexibility index (Phi) is 5.39. The van der Waals surface area contributed by atoms with Gasteiger partial charge in [0.2, 0.25) is 10.0 Å². The van der Waals surface area contributed by atoms with Gasteiger partial charge in [-0.25, -0.2) is 13.2 Å². The summed E-state index contributed by atoms with van der Waals surface area (Å²) in [6, 6.07) is 14.1. The number of anilines is 1. The van der Waals surface area contributed by atoms with E-state index in [0.29, 0.717) is 12.1 Å². The van der Waals surface area contributed by atoms with Crippen molar-refractivity contribution in [3.05, 3.63) is 65.2 Å². The summed E-state index contributed by atoms with van der Waals surface area (Å²) in [5, 5.41) is 8.99. The molecule has 0 aliphatic carbocycles. The summed E-state index contributed by atoms with van der Waals surface area (Å²) in [5.74, 6) is -0.936. The van der Waals surface area contributed by atoms with Gasteiger partial charge in [-0.15, -0.1) is 0 Å². The molecule has 0 fully saturated rings. The molecule has 0 amide bonds. The third-order valence-corrected chi connectivity index (χ3v) is 3.99. The number of hydrogen-bond donors (Lipinski definition) is 2. The van der Waals surface area contributed by atoms with E-state index in [1.54, 1.807) is 30.3 Å². The lowest BCUT2D eigenvalue weighted by Gasteiger charge is -2.10. The number of para-hydroxylation sites is 1. The number of carboxylic acids is 1. The van der Waals surface area contributed by atoms with E-state index in [2.05, 4.69) is 4.72 Å². The lowest BCUT2D eigenvalue weighted by atomic mass is 10.0. The first-order valence-corrected chi connectivity index (χ1v) is 9.12. The van der Waals surface area contributed by atoms with Crippen LogP contribution in [-0.4, -0.2) is 25.7 Å². The Hall–Kier alpha value is -2.34. The van der Waals surface area contributed by atoms with Gasteiger partial charge in [-0.1, -0.05) is 30.3 Å². The second-order valence-corrected chi connectivity index (χ2v) is 7.14. The van der Waals surface area contributed by atoms with E-state index >= 15 is 0 Å². The highest BCUT2D eigenvalue weighted by Gasteiger charge is 2.07. The van der Waals surface area contributed by atoms with Gasteiger partial charge in [0.05, 0.1) is 17.5 Å². The molecule has 0 bridgehead atoms. The van der Waals surface area contributed by atoms with Gasteiger partial charge in [0.1, 0.15) is 0 Å². The summed E-state index contributed by atoms with van der Waals surface area (Å²) in [5.41, 5.74) is 2.75. The van der Waals surface area contributed by atoms with Crippen LogP contribution in [0, 0.1) is 0 Å². The average molecular weight is 333 g/mol. The van der Waals surface area contributed by atoms with Gasteiger partial charge in [0, 0.05) is 0 Å². The number of benzene rings is 2. The molecule has 0 aliphatic rings. The fraction of sp³-hybridized carbons (Fsp3) is 0.235. The Morgan fingerprint density at radius 3 is 2.52 bits per heavy atom. The second-order valence-electron chi connectivity index (χ2n) is 5.39. The van der Waals surface area contributed by atoms with Gasteiger partial charge in [-0.2, -0.15) is 0 Å². The SMILES string of the molecule is CS(=O)(=O)Nc1ccccc1CCCc1cccc(C(=O)O)c1. The van der Waals surface area contributed by atoms with Crippen LogP contribution in [-0.2, 0) is 22.9 Å². The monoisotopic (exact) mass is 333 g/mol. The topological polar surface area (TPSA) is 83.5 Å². The molecule has 5 nitrogen and oxygen atoms in total. The first kappa shape index (κ1) is 17.0. The summed E-state index contributed by atoms with van der Waals surface area (Å²) in [6.07, 6.45) is 3.36. The first-order valence-electron chi connectivity index (χ1n) is 7.23. The minimum atomic E-state index is -3.31. The van der Waals surface area contributed by atoms with Crippen molar-refractivity contribution in [2.45, 2.75) is 19.3 Å². The third-order valence-electron chi connectivity index (χ3n) is 3.40. The number of sulfonamides is 1. The van der Waals surface area contributed by atoms with Gasteiger partial charge < -0.3 is 5.11 Å². The largest absolute Gasteiger partial charge is 0.478 e. The van der Waals surface area contributed by atoms with Gasteiger partial charge in [-0.05, 0) is 48.6 Å². The average Bonchev–Trinajstić information content (AvgIpc) is 2.48. The fourth-order valence-electron chi connectivity index (χ4n) is 2.38. The number of hydrogen-bond acceptors (Lipinski definition) is 3. The Morgan fingerprint density at radius 1 is 1.09 bits per heavy atom. The lowest BCUT2D eigenvalue weighted by Crippen LogP contribution is -2.11. The fourth-order valence-corrected chi connectivity index (χ4v) is 2.98. The first-order chi connectivity index (χ1) is 10.8. The standard InChI is InChI=1S/C17H19NO4S/c1-23(21,22)18-16-11-3-2-8-14(16)9-4-6-13-7-5-10-15(12-13)17(19)20/h2-3,5,7-8,10-12,18H,4,6,9H2,1H3,(H,19,20). The van der Waals surface area contributed by atoms with Gasteiger partial charge >= 0.3 is 5.97 Å². The quantitative estimate of drug-likeness (QED) is 0.816. The number of aromatic carboxylic acids is 1. The highest BCUT2D eigenvalue weighted by Crippen LogP contribution is 2.19. The number of rotatable bonds is 7. The van der Waals surface area contributed by atoms with E-state index < -0.39 is 16.0 Å².